The molecule has 3 aromatic rings. The maximum atomic E-state index is 10.8. The number of rotatable bonds is 3. The van der Waals surface area contributed by atoms with Crippen molar-refractivity contribution >= 4 is 23.0 Å². The first-order chi connectivity index (χ1) is 10.2. The number of nitriles is 1. The van der Waals surface area contributed by atoms with Crippen molar-refractivity contribution in [1.29, 1.82) is 5.26 Å². The topological polar surface area (TPSA) is 97.1 Å². The molecule has 0 atom stereocenters. The van der Waals surface area contributed by atoms with Crippen LogP contribution < -0.4 is 0 Å². The lowest BCUT2D eigenvalue weighted by Crippen LogP contribution is -1.96. The Bertz CT molecular complexity index is 884. The highest BCUT2D eigenvalue weighted by Gasteiger charge is 2.16. The zero-order valence-corrected chi connectivity index (χ0v) is 11.3. The minimum absolute atomic E-state index is 0.203. The Labute approximate surface area is 123 Å². The molecule has 3 heterocycles. The largest absolute Gasteiger partial charge is 0.305 e. The fraction of sp³-hybridized carbons (Fsp3) is 0. The number of fused-ring (bicyclic) bond motifs is 1. The molecule has 0 spiro atoms. The molecule has 0 fully saturated rings. The Morgan fingerprint density at radius 1 is 1.33 bits per heavy atom. The summed E-state index contributed by atoms with van der Waals surface area (Å²) in [6.07, 6.45) is 3.58. The molecule has 8 heteroatoms. The lowest BCUT2D eigenvalue weighted by molar-refractivity contribution is -0.385. The van der Waals surface area contributed by atoms with Gasteiger partial charge < -0.3 is 0 Å². The first-order valence-electron chi connectivity index (χ1n) is 5.84. The van der Waals surface area contributed by atoms with Crippen LogP contribution in [0.1, 0.15) is 5.69 Å². The van der Waals surface area contributed by atoms with Crippen molar-refractivity contribution in [3.63, 3.8) is 0 Å². The molecule has 7 nitrogen and oxygen atoms in total. The lowest BCUT2D eigenvalue weighted by atomic mass is 10.3. The Hall–Kier alpha value is -2.92. The smallest absolute Gasteiger partial charge is 0.295 e. The molecular formula is C13H7N5O2S. The van der Waals surface area contributed by atoms with Gasteiger partial charge in [-0.2, -0.15) is 5.26 Å². The molecule has 0 unspecified atom stereocenters. The molecule has 0 radical (unpaired) electrons. The number of nitro groups is 1. The molecule has 21 heavy (non-hydrogen) atoms. The molecule has 0 N–H and O–H groups in total. The van der Waals surface area contributed by atoms with Crippen molar-refractivity contribution < 1.29 is 4.92 Å². The molecule has 0 saturated heterocycles. The Morgan fingerprint density at radius 3 is 2.95 bits per heavy atom. The molecule has 0 bridgehead atoms. The van der Waals surface area contributed by atoms with E-state index in [1.807, 2.05) is 28.8 Å². The summed E-state index contributed by atoms with van der Waals surface area (Å²) in [4.78, 5) is 18.4. The number of nitrogens with zero attached hydrogens (tertiary/aromatic N) is 5. The van der Waals surface area contributed by atoms with Crippen LogP contribution >= 0.6 is 11.8 Å². The van der Waals surface area contributed by atoms with Gasteiger partial charge in [-0.15, -0.1) is 0 Å². The van der Waals surface area contributed by atoms with Gasteiger partial charge in [0, 0.05) is 12.3 Å². The van der Waals surface area contributed by atoms with Gasteiger partial charge in [-0.3, -0.25) is 14.5 Å². The molecule has 0 aliphatic rings. The molecule has 3 aromatic heterocycles. The molecule has 0 saturated carbocycles. The van der Waals surface area contributed by atoms with Crippen molar-refractivity contribution in [3.05, 3.63) is 58.5 Å². The third-order valence-corrected chi connectivity index (χ3v) is 3.67. The van der Waals surface area contributed by atoms with E-state index < -0.39 is 4.92 Å². The van der Waals surface area contributed by atoms with E-state index in [9.17, 15) is 10.1 Å². The Kier molecular flexibility index (Phi) is 3.25. The van der Waals surface area contributed by atoms with Crippen LogP contribution in [0, 0.1) is 21.4 Å². The van der Waals surface area contributed by atoms with Crippen LogP contribution in [0.3, 0.4) is 0 Å². The molecule has 0 aromatic carbocycles. The summed E-state index contributed by atoms with van der Waals surface area (Å²) in [6, 6.07) is 10.2. The standard InChI is InChI=1S/C13H7N5O2S/c14-7-10-11(18(19)20)4-5-12(16-10)21-13-15-8-9-3-1-2-6-17(9)13/h1-6,8H. The van der Waals surface area contributed by atoms with Gasteiger partial charge in [-0.1, -0.05) is 6.07 Å². The van der Waals surface area contributed by atoms with E-state index in [1.54, 1.807) is 12.3 Å². The number of aromatic nitrogens is 3. The SMILES string of the molecule is N#Cc1nc(Sc2ncc3ccccn23)ccc1[N+](=O)[O-]. The quantitative estimate of drug-likeness (QED) is 0.544. The highest BCUT2D eigenvalue weighted by Crippen LogP contribution is 2.28. The Balaban J connectivity index is 1.99. The van der Waals surface area contributed by atoms with Gasteiger partial charge in [0.1, 0.15) is 11.1 Å². The van der Waals surface area contributed by atoms with Gasteiger partial charge in [-0.25, -0.2) is 9.97 Å². The van der Waals surface area contributed by atoms with Crippen LogP contribution in [0.25, 0.3) is 5.52 Å². The van der Waals surface area contributed by atoms with E-state index in [0.29, 0.717) is 10.2 Å². The van der Waals surface area contributed by atoms with Crippen LogP contribution in [0.15, 0.2) is 52.9 Å². The third kappa shape index (κ3) is 2.42. The van der Waals surface area contributed by atoms with Gasteiger partial charge in [0.25, 0.3) is 0 Å². The van der Waals surface area contributed by atoms with Gasteiger partial charge in [0.05, 0.1) is 16.6 Å². The number of hydrogen-bond donors (Lipinski definition) is 0. The second kappa shape index (κ2) is 5.22. The van der Waals surface area contributed by atoms with Crippen LogP contribution in [-0.2, 0) is 0 Å². The molecule has 0 amide bonds. The van der Waals surface area contributed by atoms with Crippen LogP contribution in [0.2, 0.25) is 0 Å². The molecule has 102 valence electrons. The average molecular weight is 297 g/mol. The lowest BCUT2D eigenvalue weighted by Gasteiger charge is -2.01. The molecule has 3 rings (SSSR count). The highest BCUT2D eigenvalue weighted by molar-refractivity contribution is 7.99. The van der Waals surface area contributed by atoms with Gasteiger partial charge in [0.15, 0.2) is 5.16 Å². The fourth-order valence-corrected chi connectivity index (χ4v) is 2.64. The number of imidazole rings is 1. The normalized spacial score (nSPS) is 10.4. The van der Waals surface area contributed by atoms with E-state index in [2.05, 4.69) is 9.97 Å². The van der Waals surface area contributed by atoms with Gasteiger partial charge in [-0.05, 0) is 30.0 Å². The van der Waals surface area contributed by atoms with E-state index >= 15 is 0 Å². The van der Waals surface area contributed by atoms with Gasteiger partial charge >= 0.3 is 5.69 Å². The first kappa shape index (κ1) is 13.1. The summed E-state index contributed by atoms with van der Waals surface area (Å²) < 4.78 is 1.87. The fourth-order valence-electron chi connectivity index (χ4n) is 1.81. The number of pyridine rings is 2. The zero-order chi connectivity index (χ0) is 14.8. The second-order valence-electron chi connectivity index (χ2n) is 4.02. The highest BCUT2D eigenvalue weighted by atomic mass is 32.2. The average Bonchev–Trinajstić information content (AvgIpc) is 2.90. The zero-order valence-electron chi connectivity index (χ0n) is 10.5. The first-order valence-corrected chi connectivity index (χ1v) is 6.66. The maximum absolute atomic E-state index is 10.8. The summed E-state index contributed by atoms with van der Waals surface area (Å²) in [6.45, 7) is 0. The monoisotopic (exact) mass is 297 g/mol. The summed E-state index contributed by atoms with van der Waals surface area (Å²) in [5, 5.41) is 20.9. The maximum Gasteiger partial charge on any atom is 0.305 e. The predicted molar refractivity (Wildman–Crippen MR) is 74.9 cm³/mol. The van der Waals surface area contributed by atoms with Crippen LogP contribution in [0.4, 0.5) is 5.69 Å². The van der Waals surface area contributed by atoms with E-state index in [1.165, 1.54) is 23.9 Å². The van der Waals surface area contributed by atoms with E-state index in [-0.39, 0.29) is 11.4 Å². The molecule has 0 aliphatic carbocycles. The second-order valence-corrected chi connectivity index (χ2v) is 5.01. The summed E-state index contributed by atoms with van der Waals surface area (Å²) in [7, 11) is 0. The van der Waals surface area contributed by atoms with Crippen LogP contribution in [0.5, 0.6) is 0 Å². The van der Waals surface area contributed by atoms with Crippen molar-refractivity contribution in [1.82, 2.24) is 14.4 Å². The van der Waals surface area contributed by atoms with E-state index in [0.717, 1.165) is 5.52 Å². The molecule has 0 aliphatic heterocycles. The third-order valence-electron chi connectivity index (χ3n) is 2.75. The van der Waals surface area contributed by atoms with Crippen molar-refractivity contribution in [2.75, 3.05) is 0 Å². The van der Waals surface area contributed by atoms with Crippen molar-refractivity contribution in [2.24, 2.45) is 0 Å². The minimum atomic E-state index is -0.620. The summed E-state index contributed by atoms with van der Waals surface area (Å²) in [5.41, 5.74) is 0.433. The number of hydrogen-bond acceptors (Lipinski definition) is 6. The predicted octanol–water partition coefficient (Wildman–Crippen LogP) is 2.66. The van der Waals surface area contributed by atoms with E-state index in [4.69, 9.17) is 5.26 Å². The summed E-state index contributed by atoms with van der Waals surface area (Å²) >= 11 is 1.24. The molecular weight excluding hydrogens is 290 g/mol. The van der Waals surface area contributed by atoms with Gasteiger partial charge in [0.2, 0.25) is 5.69 Å². The minimum Gasteiger partial charge on any atom is -0.295 e. The van der Waals surface area contributed by atoms with Crippen LogP contribution in [-0.4, -0.2) is 19.3 Å². The Morgan fingerprint density at radius 2 is 2.19 bits per heavy atom. The van der Waals surface area contributed by atoms with Crippen molar-refractivity contribution in [3.8, 4) is 6.07 Å². The van der Waals surface area contributed by atoms with Crippen molar-refractivity contribution in [2.45, 2.75) is 10.2 Å². The summed E-state index contributed by atoms with van der Waals surface area (Å²) in [5.74, 6) is 0.